The molecule has 2 aromatic carbocycles. The van der Waals surface area contributed by atoms with Crippen LogP contribution < -0.4 is 10.6 Å². The van der Waals surface area contributed by atoms with Crippen LogP contribution in [0.3, 0.4) is 0 Å². The molecule has 2 aliphatic rings. The number of piperidine rings is 1. The Balaban J connectivity index is 1.44. The first-order valence-corrected chi connectivity index (χ1v) is 9.21. The van der Waals surface area contributed by atoms with Gasteiger partial charge in [0.1, 0.15) is 5.82 Å². The largest absolute Gasteiger partial charge is 0.295 e. The van der Waals surface area contributed by atoms with Crippen molar-refractivity contribution in [1.82, 2.24) is 15.5 Å². The van der Waals surface area contributed by atoms with Gasteiger partial charge in [0.05, 0.1) is 6.04 Å². The van der Waals surface area contributed by atoms with Gasteiger partial charge in [-0.15, -0.1) is 0 Å². The third-order valence-corrected chi connectivity index (χ3v) is 5.20. The lowest BCUT2D eigenvalue weighted by molar-refractivity contribution is -0.137. The summed E-state index contributed by atoms with van der Waals surface area (Å²) in [6.45, 7) is 1.03. The maximum atomic E-state index is 13.0. The predicted octanol–water partition coefficient (Wildman–Crippen LogP) is 1.52. The fraction of sp³-hybridized carbons (Fsp3) is 0.238. The Morgan fingerprint density at radius 2 is 1.62 bits per heavy atom. The fourth-order valence-corrected chi connectivity index (χ4v) is 3.66. The molecule has 1 atom stereocenters. The minimum absolute atomic E-state index is 0.185. The number of imide groups is 2. The van der Waals surface area contributed by atoms with Crippen LogP contribution in [0.5, 0.6) is 0 Å². The quantitative estimate of drug-likeness (QED) is 0.769. The summed E-state index contributed by atoms with van der Waals surface area (Å²) in [5.41, 5.74) is 2.40. The summed E-state index contributed by atoms with van der Waals surface area (Å²) in [7, 11) is 0. The molecule has 29 heavy (non-hydrogen) atoms. The topological polar surface area (TPSA) is 95.6 Å². The molecule has 0 radical (unpaired) electrons. The molecule has 1 unspecified atom stereocenters. The van der Waals surface area contributed by atoms with E-state index in [9.17, 15) is 23.6 Å². The number of hydrogen-bond donors (Lipinski definition) is 2. The molecule has 2 N–H and O–H groups in total. The molecule has 1 saturated heterocycles. The Labute approximate surface area is 165 Å². The van der Waals surface area contributed by atoms with Crippen molar-refractivity contribution in [3.63, 3.8) is 0 Å². The number of nitrogens with zero attached hydrogens (tertiary/aromatic N) is 1. The summed E-state index contributed by atoms with van der Waals surface area (Å²) in [5.74, 6) is -2.18. The molecule has 8 heteroatoms. The van der Waals surface area contributed by atoms with Gasteiger partial charge in [-0.2, -0.15) is 0 Å². The summed E-state index contributed by atoms with van der Waals surface area (Å²) in [5, 5.41) is 4.65. The number of carbonyl (C=O) groups excluding carboxylic acids is 4. The first-order valence-electron chi connectivity index (χ1n) is 9.21. The van der Waals surface area contributed by atoms with Crippen molar-refractivity contribution >= 4 is 23.6 Å². The summed E-state index contributed by atoms with van der Waals surface area (Å²) in [6.07, 6.45) is 0.778. The Morgan fingerprint density at radius 1 is 0.966 bits per heavy atom. The molecule has 0 aromatic heterocycles. The van der Waals surface area contributed by atoms with Gasteiger partial charge >= 0.3 is 0 Å². The highest BCUT2D eigenvalue weighted by molar-refractivity contribution is 6.10. The molecular weight excluding hydrogens is 377 g/mol. The lowest BCUT2D eigenvalue weighted by Crippen LogP contribution is -2.50. The average molecular weight is 395 g/mol. The van der Waals surface area contributed by atoms with Crippen LogP contribution in [0.25, 0.3) is 0 Å². The van der Waals surface area contributed by atoms with E-state index >= 15 is 0 Å². The van der Waals surface area contributed by atoms with E-state index in [-0.39, 0.29) is 23.4 Å². The first-order chi connectivity index (χ1) is 13.9. The summed E-state index contributed by atoms with van der Waals surface area (Å²) >= 11 is 0. The van der Waals surface area contributed by atoms with Gasteiger partial charge in [-0.3, -0.25) is 34.7 Å². The monoisotopic (exact) mass is 395 g/mol. The number of hydrogen-bond acceptors (Lipinski definition) is 5. The normalized spacial score (nSPS) is 18.9. The number of halogens is 1. The van der Waals surface area contributed by atoms with Crippen molar-refractivity contribution in [2.24, 2.45) is 0 Å². The van der Waals surface area contributed by atoms with Gasteiger partial charge in [0.2, 0.25) is 11.8 Å². The molecule has 0 spiro atoms. The van der Waals surface area contributed by atoms with Crippen LogP contribution in [0, 0.1) is 5.82 Å². The molecular formula is C21H18FN3O4. The maximum Gasteiger partial charge on any atom is 0.258 e. The first kappa shape index (κ1) is 18.9. The van der Waals surface area contributed by atoms with E-state index in [0.29, 0.717) is 31.5 Å². The lowest BCUT2D eigenvalue weighted by atomic mass is 10.0. The number of amides is 4. The highest BCUT2D eigenvalue weighted by atomic mass is 19.1. The summed E-state index contributed by atoms with van der Waals surface area (Å²) in [4.78, 5) is 50.0. The van der Waals surface area contributed by atoms with Gasteiger partial charge in [-0.25, -0.2) is 4.39 Å². The minimum atomic E-state index is -0.610. The molecule has 148 valence electrons. The zero-order valence-electron chi connectivity index (χ0n) is 15.4. The number of fused-ring (bicyclic) bond motifs is 1. The van der Waals surface area contributed by atoms with Crippen molar-refractivity contribution in [2.45, 2.75) is 32.0 Å². The molecule has 2 heterocycles. The van der Waals surface area contributed by atoms with Gasteiger partial charge in [0, 0.05) is 30.6 Å². The lowest BCUT2D eigenvalue weighted by Gasteiger charge is -2.29. The van der Waals surface area contributed by atoms with E-state index in [2.05, 4.69) is 10.6 Å². The van der Waals surface area contributed by atoms with Crippen molar-refractivity contribution in [1.29, 1.82) is 0 Å². The van der Waals surface area contributed by atoms with Crippen LogP contribution in [0.15, 0.2) is 42.5 Å². The second-order valence-electron chi connectivity index (χ2n) is 7.15. The van der Waals surface area contributed by atoms with E-state index < -0.39 is 17.6 Å². The molecule has 2 aromatic rings. The van der Waals surface area contributed by atoms with Gasteiger partial charge in [0.15, 0.2) is 0 Å². The molecule has 1 fully saturated rings. The van der Waals surface area contributed by atoms with Crippen molar-refractivity contribution in [3.05, 3.63) is 70.5 Å². The highest BCUT2D eigenvalue weighted by Crippen LogP contribution is 2.28. The van der Waals surface area contributed by atoms with E-state index in [0.717, 1.165) is 23.3 Å². The zero-order chi connectivity index (χ0) is 20.5. The smallest absolute Gasteiger partial charge is 0.258 e. The third kappa shape index (κ3) is 3.93. The van der Waals surface area contributed by atoms with Crippen LogP contribution >= 0.6 is 0 Å². The van der Waals surface area contributed by atoms with Crippen LogP contribution in [0.1, 0.15) is 44.7 Å². The number of nitrogens with one attached hydrogen (secondary N) is 2. The van der Waals surface area contributed by atoms with E-state index in [1.807, 2.05) is 4.90 Å². The summed E-state index contributed by atoms with van der Waals surface area (Å²) in [6, 6.07) is 9.67. The number of rotatable bonds is 3. The second-order valence-corrected chi connectivity index (χ2v) is 7.15. The SMILES string of the molecule is O=C1CCC(N2Cc3ccc(C(=O)NC(=O)c4ccc(F)cc4)cc3C2)C(=O)N1. The zero-order valence-corrected chi connectivity index (χ0v) is 15.4. The van der Waals surface area contributed by atoms with Crippen LogP contribution in [0.4, 0.5) is 4.39 Å². The number of benzene rings is 2. The molecule has 7 nitrogen and oxygen atoms in total. The minimum Gasteiger partial charge on any atom is -0.295 e. The molecule has 0 saturated carbocycles. The van der Waals surface area contributed by atoms with E-state index in [4.69, 9.17) is 0 Å². The Morgan fingerprint density at radius 3 is 2.34 bits per heavy atom. The summed E-state index contributed by atoms with van der Waals surface area (Å²) < 4.78 is 13.0. The van der Waals surface area contributed by atoms with Crippen molar-refractivity contribution in [2.75, 3.05) is 0 Å². The van der Waals surface area contributed by atoms with Crippen molar-refractivity contribution < 1.29 is 23.6 Å². The van der Waals surface area contributed by atoms with Crippen LogP contribution in [-0.4, -0.2) is 34.6 Å². The molecule has 2 aliphatic heterocycles. The third-order valence-electron chi connectivity index (χ3n) is 5.20. The molecule has 4 amide bonds. The number of carbonyl (C=O) groups is 4. The molecule has 0 bridgehead atoms. The average Bonchev–Trinajstić information content (AvgIpc) is 3.11. The van der Waals surface area contributed by atoms with Crippen molar-refractivity contribution in [3.8, 4) is 0 Å². The van der Waals surface area contributed by atoms with Crippen LogP contribution in [0.2, 0.25) is 0 Å². The van der Waals surface area contributed by atoms with Gasteiger partial charge in [-0.1, -0.05) is 6.07 Å². The molecule has 4 rings (SSSR count). The Kier molecular flexibility index (Phi) is 4.94. The maximum absolute atomic E-state index is 13.0. The van der Waals surface area contributed by atoms with Gasteiger partial charge in [0.25, 0.3) is 11.8 Å². The predicted molar refractivity (Wildman–Crippen MR) is 100 cm³/mol. The van der Waals surface area contributed by atoms with E-state index in [1.54, 1.807) is 18.2 Å². The molecule has 0 aliphatic carbocycles. The van der Waals surface area contributed by atoms with E-state index in [1.165, 1.54) is 12.1 Å². The fourth-order valence-electron chi connectivity index (χ4n) is 3.66. The van der Waals surface area contributed by atoms with Gasteiger partial charge in [-0.05, 0) is 53.9 Å². The Hall–Kier alpha value is -3.39. The Bertz CT molecular complexity index is 1020. The highest BCUT2D eigenvalue weighted by Gasteiger charge is 2.34. The van der Waals surface area contributed by atoms with Gasteiger partial charge < -0.3 is 0 Å². The second kappa shape index (κ2) is 7.56. The standard InChI is InChI=1S/C21H18FN3O4/c22-16-5-3-12(4-6-16)19(27)24-20(28)13-1-2-14-10-25(11-15(14)9-13)17-7-8-18(26)23-21(17)29/h1-6,9,17H,7-8,10-11H2,(H,23,26,29)(H,24,27,28). The van der Waals surface area contributed by atoms with Crippen LogP contribution in [-0.2, 0) is 22.7 Å².